The van der Waals surface area contributed by atoms with Crippen LogP contribution >= 0.6 is 11.8 Å². The fourth-order valence-electron chi connectivity index (χ4n) is 1.78. The van der Waals surface area contributed by atoms with Crippen LogP contribution in [0.1, 0.15) is 6.92 Å². The van der Waals surface area contributed by atoms with Crippen molar-refractivity contribution in [2.24, 2.45) is 0 Å². The van der Waals surface area contributed by atoms with E-state index in [0.717, 1.165) is 33.2 Å². The van der Waals surface area contributed by atoms with Gasteiger partial charge in [0.1, 0.15) is 0 Å². The molecule has 0 fully saturated rings. The minimum atomic E-state index is 0.760. The van der Waals surface area contributed by atoms with Crippen molar-refractivity contribution in [3.63, 3.8) is 0 Å². The molecule has 4 N–H and O–H groups in total. The van der Waals surface area contributed by atoms with E-state index in [2.05, 4.69) is 13.0 Å². The van der Waals surface area contributed by atoms with Crippen molar-refractivity contribution >= 4 is 23.1 Å². The van der Waals surface area contributed by atoms with Crippen LogP contribution in [-0.2, 0) is 0 Å². The van der Waals surface area contributed by atoms with E-state index in [-0.39, 0.29) is 0 Å². The molecule has 0 spiro atoms. The van der Waals surface area contributed by atoms with E-state index in [1.807, 2.05) is 36.4 Å². The van der Waals surface area contributed by atoms with Gasteiger partial charge in [-0.1, -0.05) is 31.2 Å². The van der Waals surface area contributed by atoms with Crippen LogP contribution in [0.4, 0.5) is 11.4 Å². The van der Waals surface area contributed by atoms with E-state index in [4.69, 9.17) is 11.5 Å². The lowest BCUT2D eigenvalue weighted by atomic mass is 10.0. The Morgan fingerprint density at radius 1 is 1.06 bits per heavy atom. The average Bonchev–Trinajstić information content (AvgIpc) is 2.32. The topological polar surface area (TPSA) is 52.0 Å². The quantitative estimate of drug-likeness (QED) is 0.640. The molecule has 2 nitrogen and oxygen atoms in total. The number of hydrogen-bond donors (Lipinski definition) is 2. The largest absolute Gasteiger partial charge is 0.399 e. The van der Waals surface area contributed by atoms with Gasteiger partial charge in [-0.15, -0.1) is 11.8 Å². The standard InChI is InChI=1S/C14H16N2S/c1-2-17-13-8-4-7-12(14(13)16)10-5-3-6-11(15)9-10/h3-9H,2,15-16H2,1H3. The van der Waals surface area contributed by atoms with Crippen LogP contribution in [0.3, 0.4) is 0 Å². The molecule has 0 aliphatic carbocycles. The molecule has 0 heterocycles. The molecule has 3 heteroatoms. The van der Waals surface area contributed by atoms with Crippen LogP contribution in [0.2, 0.25) is 0 Å². The van der Waals surface area contributed by atoms with Crippen LogP contribution in [0.15, 0.2) is 47.4 Å². The predicted octanol–water partition coefficient (Wildman–Crippen LogP) is 3.63. The summed E-state index contributed by atoms with van der Waals surface area (Å²) in [4.78, 5) is 1.13. The third-order valence-electron chi connectivity index (χ3n) is 2.56. The number of nitrogen functional groups attached to an aromatic ring is 2. The minimum Gasteiger partial charge on any atom is -0.399 e. The van der Waals surface area contributed by atoms with Gasteiger partial charge in [-0.2, -0.15) is 0 Å². The number of hydrogen-bond acceptors (Lipinski definition) is 3. The lowest BCUT2D eigenvalue weighted by molar-refractivity contribution is 1.42. The first-order valence-corrected chi connectivity index (χ1v) is 6.58. The Labute approximate surface area is 106 Å². The average molecular weight is 244 g/mol. The lowest BCUT2D eigenvalue weighted by Gasteiger charge is -2.10. The Balaban J connectivity index is 2.49. The zero-order valence-corrected chi connectivity index (χ0v) is 10.6. The minimum absolute atomic E-state index is 0.760. The van der Waals surface area contributed by atoms with E-state index < -0.39 is 0 Å². The summed E-state index contributed by atoms with van der Waals surface area (Å²) in [5, 5.41) is 0. The molecule has 0 aromatic heterocycles. The fraction of sp³-hybridized carbons (Fsp3) is 0.143. The molecule has 0 saturated carbocycles. The maximum Gasteiger partial charge on any atom is 0.0531 e. The van der Waals surface area contributed by atoms with Gasteiger partial charge in [-0.25, -0.2) is 0 Å². The molecule has 2 rings (SSSR count). The molecule has 17 heavy (non-hydrogen) atoms. The molecule has 0 aliphatic heterocycles. The van der Waals surface area contributed by atoms with Crippen molar-refractivity contribution in [2.75, 3.05) is 17.2 Å². The Kier molecular flexibility index (Phi) is 3.59. The van der Waals surface area contributed by atoms with Crippen molar-refractivity contribution < 1.29 is 0 Å². The first-order chi connectivity index (χ1) is 8.22. The van der Waals surface area contributed by atoms with E-state index in [9.17, 15) is 0 Å². The molecule has 0 atom stereocenters. The van der Waals surface area contributed by atoms with Gasteiger partial charge in [0.25, 0.3) is 0 Å². The second kappa shape index (κ2) is 5.15. The Morgan fingerprint density at radius 3 is 2.53 bits per heavy atom. The summed E-state index contributed by atoms with van der Waals surface area (Å²) in [6.45, 7) is 2.12. The predicted molar refractivity (Wildman–Crippen MR) is 77.1 cm³/mol. The molecule has 0 saturated heterocycles. The lowest BCUT2D eigenvalue weighted by Crippen LogP contribution is -1.94. The number of thioether (sulfide) groups is 1. The van der Waals surface area contributed by atoms with E-state index in [1.165, 1.54) is 0 Å². The molecule has 0 radical (unpaired) electrons. The van der Waals surface area contributed by atoms with Gasteiger partial charge >= 0.3 is 0 Å². The zero-order chi connectivity index (χ0) is 12.3. The maximum atomic E-state index is 6.19. The highest BCUT2D eigenvalue weighted by molar-refractivity contribution is 7.99. The molecule has 0 aliphatic rings. The van der Waals surface area contributed by atoms with Crippen molar-refractivity contribution in [3.05, 3.63) is 42.5 Å². The summed E-state index contributed by atoms with van der Waals surface area (Å²) in [6, 6.07) is 13.9. The third kappa shape index (κ3) is 2.56. The number of anilines is 2. The fourth-order valence-corrected chi connectivity index (χ4v) is 2.53. The molecule has 88 valence electrons. The Bertz CT molecular complexity index is 523. The molecule has 0 amide bonds. The Hall–Kier alpha value is -1.61. The molecule has 0 bridgehead atoms. The smallest absolute Gasteiger partial charge is 0.0531 e. The van der Waals surface area contributed by atoms with Gasteiger partial charge < -0.3 is 11.5 Å². The highest BCUT2D eigenvalue weighted by Crippen LogP contribution is 2.34. The monoisotopic (exact) mass is 244 g/mol. The first-order valence-electron chi connectivity index (χ1n) is 5.59. The Morgan fingerprint density at radius 2 is 1.82 bits per heavy atom. The van der Waals surface area contributed by atoms with Crippen LogP contribution < -0.4 is 11.5 Å². The normalized spacial score (nSPS) is 10.4. The highest BCUT2D eigenvalue weighted by atomic mass is 32.2. The van der Waals surface area contributed by atoms with Crippen molar-refractivity contribution in [3.8, 4) is 11.1 Å². The summed E-state index contributed by atoms with van der Waals surface area (Å²) in [7, 11) is 0. The molecular formula is C14H16N2S. The van der Waals surface area contributed by atoms with E-state index in [1.54, 1.807) is 11.8 Å². The van der Waals surface area contributed by atoms with Crippen LogP contribution in [0.5, 0.6) is 0 Å². The number of para-hydroxylation sites is 1. The zero-order valence-electron chi connectivity index (χ0n) is 9.81. The van der Waals surface area contributed by atoms with Crippen molar-refractivity contribution in [2.45, 2.75) is 11.8 Å². The van der Waals surface area contributed by atoms with Gasteiger partial charge in [0.15, 0.2) is 0 Å². The third-order valence-corrected chi connectivity index (χ3v) is 3.52. The van der Waals surface area contributed by atoms with E-state index >= 15 is 0 Å². The number of nitrogens with two attached hydrogens (primary N) is 2. The summed E-state index contributed by atoms with van der Waals surface area (Å²) >= 11 is 1.76. The molecular weight excluding hydrogens is 228 g/mol. The number of rotatable bonds is 3. The van der Waals surface area contributed by atoms with Gasteiger partial charge in [-0.3, -0.25) is 0 Å². The molecule has 2 aromatic rings. The summed E-state index contributed by atoms with van der Waals surface area (Å²) in [5.74, 6) is 1.02. The van der Waals surface area contributed by atoms with Gasteiger partial charge in [-0.05, 0) is 29.5 Å². The second-order valence-electron chi connectivity index (χ2n) is 3.78. The second-order valence-corrected chi connectivity index (χ2v) is 5.08. The summed E-state index contributed by atoms with van der Waals surface area (Å²) in [5.41, 5.74) is 15.7. The van der Waals surface area contributed by atoms with Crippen molar-refractivity contribution in [1.29, 1.82) is 0 Å². The first kappa shape index (κ1) is 11.9. The number of benzene rings is 2. The maximum absolute atomic E-state index is 6.19. The van der Waals surface area contributed by atoms with Crippen LogP contribution in [0.25, 0.3) is 11.1 Å². The highest BCUT2D eigenvalue weighted by Gasteiger charge is 2.06. The summed E-state index contributed by atoms with van der Waals surface area (Å²) < 4.78 is 0. The van der Waals surface area contributed by atoms with Gasteiger partial charge in [0.2, 0.25) is 0 Å². The van der Waals surface area contributed by atoms with Gasteiger partial charge in [0, 0.05) is 16.1 Å². The van der Waals surface area contributed by atoms with E-state index in [0.29, 0.717) is 0 Å². The molecule has 2 aromatic carbocycles. The van der Waals surface area contributed by atoms with Crippen LogP contribution in [-0.4, -0.2) is 5.75 Å². The summed E-state index contributed by atoms with van der Waals surface area (Å²) in [6.07, 6.45) is 0. The van der Waals surface area contributed by atoms with Gasteiger partial charge in [0.05, 0.1) is 5.69 Å². The van der Waals surface area contributed by atoms with Crippen LogP contribution in [0, 0.1) is 0 Å². The van der Waals surface area contributed by atoms with Crippen molar-refractivity contribution in [1.82, 2.24) is 0 Å². The SMILES string of the molecule is CCSc1cccc(-c2cccc(N)c2)c1N. The molecule has 0 unspecified atom stereocenters.